The standard InChI is InChI=1S/C14H19NO2/c1-3-6-13(4-2)15-10-11-7-5-8-12(9-11)14(16)17/h3,5,7-9,13,15H,1,4,6,10H2,2H3,(H,16,17). The zero-order valence-electron chi connectivity index (χ0n) is 10.1. The van der Waals surface area contributed by atoms with E-state index in [-0.39, 0.29) is 0 Å². The molecule has 3 nitrogen and oxygen atoms in total. The highest BCUT2D eigenvalue weighted by Crippen LogP contribution is 2.07. The van der Waals surface area contributed by atoms with E-state index >= 15 is 0 Å². The predicted octanol–water partition coefficient (Wildman–Crippen LogP) is 2.83. The van der Waals surface area contributed by atoms with Crippen molar-refractivity contribution >= 4 is 5.97 Å². The van der Waals surface area contributed by atoms with E-state index < -0.39 is 5.97 Å². The molecule has 0 bridgehead atoms. The molecule has 1 rings (SSSR count). The predicted molar refractivity (Wildman–Crippen MR) is 69.1 cm³/mol. The third-order valence-electron chi connectivity index (χ3n) is 2.71. The molecule has 17 heavy (non-hydrogen) atoms. The molecule has 0 amide bonds. The van der Waals surface area contributed by atoms with E-state index in [1.165, 1.54) is 0 Å². The van der Waals surface area contributed by atoms with Gasteiger partial charge < -0.3 is 10.4 Å². The summed E-state index contributed by atoms with van der Waals surface area (Å²) >= 11 is 0. The van der Waals surface area contributed by atoms with Gasteiger partial charge in [0.25, 0.3) is 0 Å². The zero-order chi connectivity index (χ0) is 12.7. The molecule has 0 fully saturated rings. The second-order valence-corrected chi connectivity index (χ2v) is 4.02. The Morgan fingerprint density at radius 2 is 2.35 bits per heavy atom. The Balaban J connectivity index is 2.59. The number of aromatic carboxylic acids is 1. The lowest BCUT2D eigenvalue weighted by molar-refractivity contribution is 0.0696. The molecular formula is C14H19NO2. The number of nitrogens with one attached hydrogen (secondary N) is 1. The first-order valence-electron chi connectivity index (χ1n) is 5.83. The third kappa shape index (κ3) is 4.41. The van der Waals surface area contributed by atoms with Crippen LogP contribution in [0.3, 0.4) is 0 Å². The first kappa shape index (κ1) is 13.5. The van der Waals surface area contributed by atoms with E-state index in [4.69, 9.17) is 5.11 Å². The van der Waals surface area contributed by atoms with Crippen LogP contribution in [0, 0.1) is 0 Å². The van der Waals surface area contributed by atoms with Gasteiger partial charge in [0, 0.05) is 12.6 Å². The van der Waals surface area contributed by atoms with Gasteiger partial charge >= 0.3 is 5.97 Å². The van der Waals surface area contributed by atoms with Gasteiger partial charge in [-0.3, -0.25) is 0 Å². The SMILES string of the molecule is C=CCC(CC)NCc1cccc(C(=O)O)c1. The van der Waals surface area contributed by atoms with Crippen LogP contribution in [0.4, 0.5) is 0 Å². The van der Waals surface area contributed by atoms with Gasteiger partial charge in [-0.2, -0.15) is 0 Å². The van der Waals surface area contributed by atoms with Gasteiger partial charge in [-0.05, 0) is 30.5 Å². The summed E-state index contributed by atoms with van der Waals surface area (Å²) in [4.78, 5) is 10.8. The first-order valence-corrected chi connectivity index (χ1v) is 5.83. The van der Waals surface area contributed by atoms with Crippen molar-refractivity contribution in [3.05, 3.63) is 48.0 Å². The number of carboxylic acid groups (broad SMARTS) is 1. The number of carboxylic acids is 1. The molecule has 0 aliphatic heterocycles. The van der Waals surface area contributed by atoms with E-state index in [2.05, 4.69) is 18.8 Å². The molecular weight excluding hydrogens is 214 g/mol. The molecule has 0 saturated heterocycles. The fourth-order valence-electron chi connectivity index (χ4n) is 1.67. The number of rotatable bonds is 7. The van der Waals surface area contributed by atoms with Crippen molar-refractivity contribution in [2.75, 3.05) is 0 Å². The molecule has 0 spiro atoms. The maximum atomic E-state index is 10.8. The fourth-order valence-corrected chi connectivity index (χ4v) is 1.67. The van der Waals surface area contributed by atoms with Crippen LogP contribution in [0.25, 0.3) is 0 Å². The number of hydrogen-bond donors (Lipinski definition) is 2. The Labute approximate surface area is 102 Å². The number of carbonyl (C=O) groups is 1. The zero-order valence-corrected chi connectivity index (χ0v) is 10.1. The molecule has 92 valence electrons. The van der Waals surface area contributed by atoms with Crippen LogP contribution < -0.4 is 5.32 Å². The van der Waals surface area contributed by atoms with Gasteiger partial charge in [0.2, 0.25) is 0 Å². The van der Waals surface area contributed by atoms with Crippen LogP contribution in [-0.2, 0) is 6.54 Å². The summed E-state index contributed by atoms with van der Waals surface area (Å²) in [6.45, 7) is 6.53. The highest BCUT2D eigenvalue weighted by Gasteiger charge is 2.05. The van der Waals surface area contributed by atoms with Gasteiger partial charge in [0.1, 0.15) is 0 Å². The molecule has 1 aromatic carbocycles. The molecule has 1 unspecified atom stereocenters. The van der Waals surface area contributed by atoms with Crippen molar-refractivity contribution in [1.82, 2.24) is 5.32 Å². The van der Waals surface area contributed by atoms with Crippen LogP contribution in [0.1, 0.15) is 35.7 Å². The maximum absolute atomic E-state index is 10.8. The number of hydrogen-bond acceptors (Lipinski definition) is 2. The minimum absolute atomic E-state index is 0.334. The second-order valence-electron chi connectivity index (χ2n) is 4.02. The summed E-state index contributed by atoms with van der Waals surface area (Å²) in [7, 11) is 0. The molecule has 1 atom stereocenters. The molecule has 1 aromatic rings. The van der Waals surface area contributed by atoms with E-state index in [1.54, 1.807) is 18.2 Å². The maximum Gasteiger partial charge on any atom is 0.335 e. The summed E-state index contributed by atoms with van der Waals surface area (Å²) in [5.41, 5.74) is 1.33. The summed E-state index contributed by atoms with van der Waals surface area (Å²) < 4.78 is 0. The molecule has 0 aliphatic rings. The van der Waals surface area contributed by atoms with Crippen molar-refractivity contribution in [3.63, 3.8) is 0 Å². The highest BCUT2D eigenvalue weighted by atomic mass is 16.4. The van der Waals surface area contributed by atoms with Crippen molar-refractivity contribution in [1.29, 1.82) is 0 Å². The monoisotopic (exact) mass is 233 g/mol. The lowest BCUT2D eigenvalue weighted by atomic mass is 10.1. The second kappa shape index (κ2) is 6.86. The summed E-state index contributed by atoms with van der Waals surface area (Å²) in [6.07, 6.45) is 3.86. The molecule has 0 radical (unpaired) electrons. The summed E-state index contributed by atoms with van der Waals surface area (Å²) in [5.74, 6) is -0.884. The minimum atomic E-state index is -0.884. The lowest BCUT2D eigenvalue weighted by Crippen LogP contribution is -2.27. The Morgan fingerprint density at radius 3 is 2.94 bits per heavy atom. The Kier molecular flexibility index (Phi) is 5.43. The van der Waals surface area contributed by atoms with Gasteiger partial charge in [-0.15, -0.1) is 6.58 Å². The van der Waals surface area contributed by atoms with Crippen LogP contribution in [0.15, 0.2) is 36.9 Å². The van der Waals surface area contributed by atoms with E-state index in [1.807, 2.05) is 12.1 Å². The lowest BCUT2D eigenvalue weighted by Gasteiger charge is -2.15. The van der Waals surface area contributed by atoms with E-state index in [9.17, 15) is 4.79 Å². The number of benzene rings is 1. The molecule has 0 heterocycles. The Morgan fingerprint density at radius 1 is 1.59 bits per heavy atom. The van der Waals surface area contributed by atoms with Gasteiger partial charge in [0.05, 0.1) is 5.56 Å². The molecule has 0 aromatic heterocycles. The van der Waals surface area contributed by atoms with Crippen molar-refractivity contribution in [3.8, 4) is 0 Å². The van der Waals surface area contributed by atoms with Gasteiger partial charge in [-0.1, -0.05) is 25.1 Å². The van der Waals surface area contributed by atoms with E-state index in [0.717, 1.165) is 18.4 Å². The average Bonchev–Trinajstić information content (AvgIpc) is 2.34. The topological polar surface area (TPSA) is 49.3 Å². The van der Waals surface area contributed by atoms with Crippen LogP contribution in [-0.4, -0.2) is 17.1 Å². The summed E-state index contributed by atoms with van der Waals surface area (Å²) in [5, 5.41) is 12.3. The summed E-state index contributed by atoms with van der Waals surface area (Å²) in [6, 6.07) is 7.42. The molecule has 2 N–H and O–H groups in total. The van der Waals surface area contributed by atoms with Gasteiger partial charge in [0.15, 0.2) is 0 Å². The highest BCUT2D eigenvalue weighted by molar-refractivity contribution is 5.87. The minimum Gasteiger partial charge on any atom is -0.478 e. The normalized spacial score (nSPS) is 12.1. The Bertz CT molecular complexity index is 388. The quantitative estimate of drug-likeness (QED) is 0.712. The van der Waals surface area contributed by atoms with Crippen LogP contribution >= 0.6 is 0 Å². The third-order valence-corrected chi connectivity index (χ3v) is 2.71. The molecule has 3 heteroatoms. The largest absolute Gasteiger partial charge is 0.478 e. The van der Waals surface area contributed by atoms with Crippen molar-refractivity contribution in [2.24, 2.45) is 0 Å². The smallest absolute Gasteiger partial charge is 0.335 e. The first-order chi connectivity index (χ1) is 8.17. The fraction of sp³-hybridized carbons (Fsp3) is 0.357. The van der Waals surface area contributed by atoms with Crippen molar-refractivity contribution in [2.45, 2.75) is 32.4 Å². The van der Waals surface area contributed by atoms with Gasteiger partial charge in [-0.25, -0.2) is 4.79 Å². The van der Waals surface area contributed by atoms with Crippen molar-refractivity contribution < 1.29 is 9.90 Å². The Hall–Kier alpha value is -1.61. The van der Waals surface area contributed by atoms with Crippen LogP contribution in [0.5, 0.6) is 0 Å². The average molecular weight is 233 g/mol. The molecule has 0 aliphatic carbocycles. The van der Waals surface area contributed by atoms with Crippen LogP contribution in [0.2, 0.25) is 0 Å². The molecule has 0 saturated carbocycles. The van der Waals surface area contributed by atoms with E-state index in [0.29, 0.717) is 18.2 Å².